The van der Waals surface area contributed by atoms with Crippen LogP contribution >= 0.6 is 0 Å². The average Bonchev–Trinajstić information content (AvgIpc) is 2.45. The van der Waals surface area contributed by atoms with Crippen molar-refractivity contribution in [2.45, 2.75) is 25.1 Å². The molecule has 0 aliphatic carbocycles. The zero-order chi connectivity index (χ0) is 16.1. The van der Waals surface area contributed by atoms with Gasteiger partial charge in [-0.25, -0.2) is 0 Å². The number of likely N-dealkylation sites (N-methyl/N-ethyl adjacent to an activating group) is 1. The van der Waals surface area contributed by atoms with Gasteiger partial charge in [0.25, 0.3) is 0 Å². The second-order valence-corrected chi connectivity index (χ2v) is 4.67. The van der Waals surface area contributed by atoms with Crippen LogP contribution in [-0.4, -0.2) is 32.3 Å². The third-order valence-corrected chi connectivity index (χ3v) is 3.24. The summed E-state index contributed by atoms with van der Waals surface area (Å²) in [6.45, 7) is 1.54. The number of carbonyl (C=O) groups is 1. The zero-order valence-corrected chi connectivity index (χ0v) is 12.1. The van der Waals surface area contributed by atoms with E-state index in [1.165, 1.54) is 25.3 Å². The van der Waals surface area contributed by atoms with Crippen molar-refractivity contribution in [2.75, 3.05) is 20.8 Å². The van der Waals surface area contributed by atoms with Crippen LogP contribution in [0.4, 0.5) is 13.2 Å². The first kappa shape index (κ1) is 17.3. The van der Waals surface area contributed by atoms with Crippen LogP contribution in [0.5, 0.6) is 5.75 Å². The average molecular weight is 305 g/mol. The second kappa shape index (κ2) is 6.80. The number of alkyl halides is 3. The van der Waals surface area contributed by atoms with Crippen LogP contribution in [0.1, 0.15) is 18.9 Å². The summed E-state index contributed by atoms with van der Waals surface area (Å²) in [5.41, 5.74) is -1.85. The third kappa shape index (κ3) is 4.35. The SMILES string of the molecule is CNC(C)(CCOc1ccccc1C(F)(F)F)C(=O)OC. The molecule has 0 amide bonds. The highest BCUT2D eigenvalue weighted by Gasteiger charge is 2.35. The zero-order valence-electron chi connectivity index (χ0n) is 12.1. The van der Waals surface area contributed by atoms with Gasteiger partial charge in [0.1, 0.15) is 11.3 Å². The molecule has 1 unspecified atom stereocenters. The molecule has 0 saturated heterocycles. The van der Waals surface area contributed by atoms with Gasteiger partial charge in [-0.05, 0) is 26.1 Å². The molecule has 118 valence electrons. The van der Waals surface area contributed by atoms with E-state index in [1.807, 2.05) is 0 Å². The highest BCUT2D eigenvalue weighted by Crippen LogP contribution is 2.36. The molecular formula is C14H18F3NO3. The van der Waals surface area contributed by atoms with Gasteiger partial charge in [-0.15, -0.1) is 0 Å². The fraction of sp³-hybridized carbons (Fsp3) is 0.500. The molecule has 1 aromatic rings. The Bertz CT molecular complexity index is 491. The van der Waals surface area contributed by atoms with Gasteiger partial charge < -0.3 is 14.8 Å². The summed E-state index contributed by atoms with van der Waals surface area (Å²) in [5, 5.41) is 2.78. The maximum absolute atomic E-state index is 12.8. The highest BCUT2D eigenvalue weighted by molar-refractivity contribution is 5.80. The number of nitrogens with one attached hydrogen (secondary N) is 1. The lowest BCUT2D eigenvalue weighted by atomic mass is 9.99. The van der Waals surface area contributed by atoms with Gasteiger partial charge in [0.2, 0.25) is 0 Å². The summed E-state index contributed by atoms with van der Waals surface area (Å²) in [4.78, 5) is 11.6. The fourth-order valence-corrected chi connectivity index (χ4v) is 1.75. The lowest BCUT2D eigenvalue weighted by molar-refractivity contribution is -0.148. The van der Waals surface area contributed by atoms with Crippen LogP contribution in [0.25, 0.3) is 0 Å². The number of carbonyl (C=O) groups excluding carboxylic acids is 1. The predicted molar refractivity (Wildman–Crippen MR) is 71.0 cm³/mol. The summed E-state index contributed by atoms with van der Waals surface area (Å²) in [7, 11) is 2.82. The summed E-state index contributed by atoms with van der Waals surface area (Å²) < 4.78 is 48.2. The van der Waals surface area contributed by atoms with Crippen molar-refractivity contribution >= 4 is 5.97 Å². The van der Waals surface area contributed by atoms with Crippen molar-refractivity contribution in [1.82, 2.24) is 5.32 Å². The van der Waals surface area contributed by atoms with Gasteiger partial charge in [0.05, 0.1) is 19.3 Å². The third-order valence-electron chi connectivity index (χ3n) is 3.24. The molecule has 0 aromatic heterocycles. The summed E-state index contributed by atoms with van der Waals surface area (Å²) in [6, 6.07) is 4.95. The summed E-state index contributed by atoms with van der Waals surface area (Å²) in [5.74, 6) is -0.758. The Hall–Kier alpha value is -1.76. The van der Waals surface area contributed by atoms with Crippen LogP contribution in [0.2, 0.25) is 0 Å². The first-order chi connectivity index (χ1) is 9.74. The molecule has 1 N–H and O–H groups in total. The first-order valence-electron chi connectivity index (χ1n) is 6.31. The molecule has 0 saturated carbocycles. The minimum Gasteiger partial charge on any atom is -0.493 e. The Labute approximate surface area is 121 Å². The summed E-state index contributed by atoms with van der Waals surface area (Å²) in [6.07, 6.45) is -4.31. The molecule has 0 radical (unpaired) electrons. The Morgan fingerprint density at radius 2 is 1.90 bits per heavy atom. The number of hydrogen-bond acceptors (Lipinski definition) is 4. The number of para-hydroxylation sites is 1. The fourth-order valence-electron chi connectivity index (χ4n) is 1.75. The maximum atomic E-state index is 12.8. The van der Waals surface area contributed by atoms with Gasteiger partial charge in [-0.1, -0.05) is 12.1 Å². The second-order valence-electron chi connectivity index (χ2n) is 4.67. The van der Waals surface area contributed by atoms with Gasteiger partial charge in [0, 0.05) is 6.42 Å². The molecular weight excluding hydrogens is 287 g/mol. The van der Waals surface area contributed by atoms with Crippen molar-refractivity contribution < 1.29 is 27.4 Å². The minimum absolute atomic E-state index is 0.0560. The Morgan fingerprint density at radius 3 is 2.43 bits per heavy atom. The van der Waals surface area contributed by atoms with E-state index < -0.39 is 23.2 Å². The predicted octanol–water partition coefficient (Wildman–Crippen LogP) is 2.63. The van der Waals surface area contributed by atoms with E-state index in [4.69, 9.17) is 4.74 Å². The molecule has 1 atom stereocenters. The maximum Gasteiger partial charge on any atom is 0.419 e. The van der Waals surface area contributed by atoms with Crippen molar-refractivity contribution in [1.29, 1.82) is 0 Å². The van der Waals surface area contributed by atoms with Crippen molar-refractivity contribution in [2.24, 2.45) is 0 Å². The number of methoxy groups -OCH3 is 1. The summed E-state index contributed by atoms with van der Waals surface area (Å²) >= 11 is 0. The van der Waals surface area contributed by atoms with E-state index in [0.29, 0.717) is 0 Å². The first-order valence-corrected chi connectivity index (χ1v) is 6.31. The molecule has 1 rings (SSSR count). The largest absolute Gasteiger partial charge is 0.493 e. The molecule has 21 heavy (non-hydrogen) atoms. The lowest BCUT2D eigenvalue weighted by Crippen LogP contribution is -2.49. The normalized spacial score (nSPS) is 14.4. The van der Waals surface area contributed by atoms with E-state index in [9.17, 15) is 18.0 Å². The Morgan fingerprint density at radius 1 is 1.29 bits per heavy atom. The topological polar surface area (TPSA) is 47.6 Å². The Kier molecular flexibility index (Phi) is 5.60. The van der Waals surface area contributed by atoms with Crippen LogP contribution in [0, 0.1) is 0 Å². The van der Waals surface area contributed by atoms with Gasteiger partial charge in [-0.3, -0.25) is 4.79 Å². The molecule has 0 spiro atoms. The van der Waals surface area contributed by atoms with Gasteiger partial charge in [-0.2, -0.15) is 13.2 Å². The molecule has 4 nitrogen and oxygen atoms in total. The molecule has 0 bridgehead atoms. The van der Waals surface area contributed by atoms with E-state index in [2.05, 4.69) is 10.1 Å². The van der Waals surface area contributed by atoms with Crippen LogP contribution in [0.15, 0.2) is 24.3 Å². The van der Waals surface area contributed by atoms with Crippen LogP contribution in [0.3, 0.4) is 0 Å². The van der Waals surface area contributed by atoms with Crippen molar-refractivity contribution in [3.05, 3.63) is 29.8 Å². The number of hydrogen-bond donors (Lipinski definition) is 1. The quantitative estimate of drug-likeness (QED) is 0.821. The van der Waals surface area contributed by atoms with Gasteiger partial charge >= 0.3 is 12.1 Å². The molecule has 0 aliphatic heterocycles. The minimum atomic E-state index is -4.48. The van der Waals surface area contributed by atoms with Crippen molar-refractivity contribution in [3.8, 4) is 5.75 Å². The van der Waals surface area contributed by atoms with E-state index >= 15 is 0 Å². The van der Waals surface area contributed by atoms with E-state index in [-0.39, 0.29) is 18.8 Å². The Balaban J connectivity index is 2.75. The van der Waals surface area contributed by atoms with Gasteiger partial charge in [0.15, 0.2) is 0 Å². The molecule has 7 heteroatoms. The molecule has 0 fully saturated rings. The van der Waals surface area contributed by atoms with Crippen LogP contribution in [-0.2, 0) is 15.7 Å². The number of ether oxygens (including phenoxy) is 2. The van der Waals surface area contributed by atoms with Crippen LogP contribution < -0.4 is 10.1 Å². The molecule has 0 heterocycles. The number of benzene rings is 1. The molecule has 1 aromatic carbocycles. The number of halogens is 3. The monoisotopic (exact) mass is 305 g/mol. The standard InChI is InChI=1S/C14H18F3NO3/c1-13(18-2,12(19)20-3)8-9-21-11-7-5-4-6-10(11)14(15,16)17/h4-7,18H,8-9H2,1-3H3. The highest BCUT2D eigenvalue weighted by atomic mass is 19.4. The van der Waals surface area contributed by atoms with E-state index in [1.54, 1.807) is 14.0 Å². The molecule has 0 aliphatic rings. The lowest BCUT2D eigenvalue weighted by Gasteiger charge is -2.26. The van der Waals surface area contributed by atoms with E-state index in [0.717, 1.165) is 6.07 Å². The van der Waals surface area contributed by atoms with Crippen molar-refractivity contribution in [3.63, 3.8) is 0 Å². The number of rotatable bonds is 6. The smallest absolute Gasteiger partial charge is 0.419 e. The number of esters is 1.